The van der Waals surface area contributed by atoms with Crippen LogP contribution in [-0.4, -0.2) is 30.9 Å². The van der Waals surface area contributed by atoms with Crippen LogP contribution in [0.2, 0.25) is 0 Å². The first-order chi connectivity index (χ1) is 12.0. The van der Waals surface area contributed by atoms with Crippen LogP contribution in [0.4, 0.5) is 5.13 Å². The maximum atomic E-state index is 12.5. The van der Waals surface area contributed by atoms with Gasteiger partial charge in [-0.2, -0.15) is 0 Å². The number of benzene rings is 1. The minimum Gasteiger partial charge on any atom is -0.301 e. The number of aryl methyl sites for hydroxylation is 3. The maximum Gasteiger partial charge on any atom is 0.239 e. The number of nitrogens with zero attached hydrogens (tertiary/aromatic N) is 4. The SMILES string of the molecule is Cc1nc(NC(=O)C(C)Sc2nnc(C)n2-c2ccccc2)sc1C. The Balaban J connectivity index is 1.75. The molecule has 0 aliphatic rings. The molecule has 130 valence electrons. The molecule has 2 heterocycles. The molecule has 1 aromatic carbocycles. The number of para-hydroxylation sites is 1. The molecule has 0 spiro atoms. The first kappa shape index (κ1) is 17.6. The third kappa shape index (κ3) is 3.91. The van der Waals surface area contributed by atoms with Gasteiger partial charge in [0.15, 0.2) is 10.3 Å². The molecule has 0 radical (unpaired) electrons. The molecular formula is C17H19N5OS2. The highest BCUT2D eigenvalue weighted by Gasteiger charge is 2.21. The second-order valence-electron chi connectivity index (χ2n) is 5.61. The summed E-state index contributed by atoms with van der Waals surface area (Å²) >= 11 is 2.86. The summed E-state index contributed by atoms with van der Waals surface area (Å²) < 4.78 is 1.95. The van der Waals surface area contributed by atoms with Gasteiger partial charge in [0.2, 0.25) is 5.91 Å². The molecule has 0 aliphatic heterocycles. The fraction of sp³-hybridized carbons (Fsp3) is 0.294. The fourth-order valence-electron chi connectivity index (χ4n) is 2.24. The van der Waals surface area contributed by atoms with Crippen molar-refractivity contribution in [2.45, 2.75) is 38.1 Å². The van der Waals surface area contributed by atoms with Crippen molar-refractivity contribution >= 4 is 34.1 Å². The Labute approximate surface area is 154 Å². The first-order valence-corrected chi connectivity index (χ1v) is 9.54. The molecule has 0 aliphatic carbocycles. The Morgan fingerprint density at radius 2 is 1.92 bits per heavy atom. The molecule has 1 amide bonds. The Hall–Kier alpha value is -2.19. The van der Waals surface area contributed by atoms with E-state index < -0.39 is 0 Å². The van der Waals surface area contributed by atoms with Crippen LogP contribution >= 0.6 is 23.1 Å². The maximum absolute atomic E-state index is 12.5. The van der Waals surface area contributed by atoms with Crippen LogP contribution < -0.4 is 5.32 Å². The molecule has 3 aromatic rings. The molecule has 25 heavy (non-hydrogen) atoms. The predicted octanol–water partition coefficient (Wildman–Crippen LogP) is 3.77. The van der Waals surface area contributed by atoms with E-state index in [2.05, 4.69) is 20.5 Å². The predicted molar refractivity (Wildman–Crippen MR) is 102 cm³/mol. The molecule has 8 heteroatoms. The van der Waals surface area contributed by atoms with Crippen molar-refractivity contribution in [3.63, 3.8) is 0 Å². The summed E-state index contributed by atoms with van der Waals surface area (Å²) in [6.07, 6.45) is 0. The Bertz CT molecular complexity index is 868. The van der Waals surface area contributed by atoms with Crippen LogP contribution in [0, 0.1) is 20.8 Å². The molecule has 3 rings (SSSR count). The normalized spacial score (nSPS) is 12.2. The summed E-state index contributed by atoms with van der Waals surface area (Å²) in [7, 11) is 0. The number of thioether (sulfide) groups is 1. The quantitative estimate of drug-likeness (QED) is 0.689. The number of carbonyl (C=O) groups is 1. The van der Waals surface area contributed by atoms with Crippen molar-refractivity contribution in [2.24, 2.45) is 0 Å². The zero-order chi connectivity index (χ0) is 18.0. The third-order valence-corrected chi connectivity index (χ3v) is 5.75. The number of aromatic nitrogens is 4. The minimum atomic E-state index is -0.324. The van der Waals surface area contributed by atoms with E-state index in [9.17, 15) is 4.79 Å². The van der Waals surface area contributed by atoms with Crippen LogP contribution in [0.5, 0.6) is 0 Å². The molecule has 1 unspecified atom stereocenters. The lowest BCUT2D eigenvalue weighted by Gasteiger charge is -2.12. The Kier molecular flexibility index (Phi) is 5.19. The summed E-state index contributed by atoms with van der Waals surface area (Å²) in [6, 6.07) is 9.88. The Morgan fingerprint density at radius 3 is 2.56 bits per heavy atom. The number of hydrogen-bond donors (Lipinski definition) is 1. The Morgan fingerprint density at radius 1 is 1.20 bits per heavy atom. The van der Waals surface area contributed by atoms with Gasteiger partial charge in [0.05, 0.1) is 10.9 Å². The van der Waals surface area contributed by atoms with Crippen molar-refractivity contribution in [2.75, 3.05) is 5.32 Å². The van der Waals surface area contributed by atoms with E-state index in [-0.39, 0.29) is 11.2 Å². The van der Waals surface area contributed by atoms with Gasteiger partial charge in [-0.05, 0) is 39.8 Å². The molecule has 2 aromatic heterocycles. The van der Waals surface area contributed by atoms with E-state index in [0.29, 0.717) is 10.3 Å². The van der Waals surface area contributed by atoms with Crippen molar-refractivity contribution in [3.05, 3.63) is 46.7 Å². The molecule has 1 N–H and O–H groups in total. The van der Waals surface area contributed by atoms with Gasteiger partial charge in [0.1, 0.15) is 5.82 Å². The van der Waals surface area contributed by atoms with E-state index in [1.54, 1.807) is 0 Å². The second-order valence-corrected chi connectivity index (χ2v) is 8.12. The molecule has 6 nitrogen and oxygen atoms in total. The number of hydrogen-bond acceptors (Lipinski definition) is 6. The van der Waals surface area contributed by atoms with Gasteiger partial charge in [-0.3, -0.25) is 9.36 Å². The van der Waals surface area contributed by atoms with Gasteiger partial charge in [0, 0.05) is 10.6 Å². The smallest absolute Gasteiger partial charge is 0.239 e. The van der Waals surface area contributed by atoms with Gasteiger partial charge < -0.3 is 5.32 Å². The average molecular weight is 374 g/mol. The van der Waals surface area contributed by atoms with E-state index in [0.717, 1.165) is 22.1 Å². The van der Waals surface area contributed by atoms with Crippen LogP contribution in [0.15, 0.2) is 35.5 Å². The van der Waals surface area contributed by atoms with Crippen molar-refractivity contribution in [3.8, 4) is 5.69 Å². The fourth-order valence-corrected chi connectivity index (χ4v) is 3.97. The van der Waals surface area contributed by atoms with Crippen LogP contribution in [0.25, 0.3) is 5.69 Å². The summed E-state index contributed by atoms with van der Waals surface area (Å²) in [5.74, 6) is 0.687. The summed E-state index contributed by atoms with van der Waals surface area (Å²) in [5, 5.41) is 12.3. The monoisotopic (exact) mass is 373 g/mol. The lowest BCUT2D eigenvalue weighted by Crippen LogP contribution is -2.22. The highest BCUT2D eigenvalue weighted by atomic mass is 32.2. The average Bonchev–Trinajstić information content (AvgIpc) is 3.10. The lowest BCUT2D eigenvalue weighted by molar-refractivity contribution is -0.115. The standard InChI is InChI=1S/C17H19N5OS2/c1-10-11(2)24-16(18-10)19-15(23)12(3)25-17-21-20-13(4)22(17)14-8-6-5-7-9-14/h5-9,12H,1-4H3,(H,18,19,23). The van der Waals surface area contributed by atoms with Crippen LogP contribution in [-0.2, 0) is 4.79 Å². The molecule has 1 atom stereocenters. The highest BCUT2D eigenvalue weighted by molar-refractivity contribution is 8.00. The van der Waals surface area contributed by atoms with E-state index in [1.807, 2.05) is 62.6 Å². The van der Waals surface area contributed by atoms with Gasteiger partial charge in [-0.25, -0.2) is 4.98 Å². The topological polar surface area (TPSA) is 72.7 Å². The van der Waals surface area contributed by atoms with Crippen molar-refractivity contribution in [1.29, 1.82) is 0 Å². The third-order valence-electron chi connectivity index (χ3n) is 3.72. The van der Waals surface area contributed by atoms with E-state index >= 15 is 0 Å². The van der Waals surface area contributed by atoms with Crippen molar-refractivity contribution in [1.82, 2.24) is 19.7 Å². The lowest BCUT2D eigenvalue weighted by atomic mass is 10.3. The molecule has 0 fully saturated rings. The number of rotatable bonds is 5. The molecule has 0 saturated heterocycles. The number of amides is 1. The van der Waals surface area contributed by atoms with E-state index in [4.69, 9.17) is 0 Å². The number of nitrogens with one attached hydrogen (secondary N) is 1. The van der Waals surface area contributed by atoms with Gasteiger partial charge in [-0.15, -0.1) is 21.5 Å². The number of thiazole rings is 1. The van der Waals surface area contributed by atoms with Crippen LogP contribution in [0.3, 0.4) is 0 Å². The van der Waals surface area contributed by atoms with Gasteiger partial charge in [0.25, 0.3) is 0 Å². The van der Waals surface area contributed by atoms with E-state index in [1.165, 1.54) is 23.1 Å². The number of carbonyl (C=O) groups excluding carboxylic acids is 1. The zero-order valence-electron chi connectivity index (χ0n) is 14.5. The zero-order valence-corrected chi connectivity index (χ0v) is 16.1. The molecule has 0 bridgehead atoms. The van der Waals surface area contributed by atoms with Crippen molar-refractivity contribution < 1.29 is 4.79 Å². The minimum absolute atomic E-state index is 0.0981. The first-order valence-electron chi connectivity index (χ1n) is 7.84. The molecular weight excluding hydrogens is 354 g/mol. The van der Waals surface area contributed by atoms with Gasteiger partial charge >= 0.3 is 0 Å². The second kappa shape index (κ2) is 7.37. The number of anilines is 1. The summed E-state index contributed by atoms with van der Waals surface area (Å²) in [4.78, 5) is 17.9. The van der Waals surface area contributed by atoms with Gasteiger partial charge in [-0.1, -0.05) is 30.0 Å². The van der Waals surface area contributed by atoms with Crippen LogP contribution in [0.1, 0.15) is 23.3 Å². The molecule has 0 saturated carbocycles. The highest BCUT2D eigenvalue weighted by Crippen LogP contribution is 2.27. The summed E-state index contributed by atoms with van der Waals surface area (Å²) in [5.41, 5.74) is 1.92. The summed E-state index contributed by atoms with van der Waals surface area (Å²) in [6.45, 7) is 7.68. The largest absolute Gasteiger partial charge is 0.301 e.